The number of furan rings is 1. The zero-order chi connectivity index (χ0) is 23.3. The normalized spacial score (nSPS) is 11.6. The number of hydrogen-bond acceptors (Lipinski definition) is 5. The van der Waals surface area contributed by atoms with Crippen molar-refractivity contribution in [2.45, 2.75) is 11.4 Å². The Morgan fingerprint density at radius 3 is 2.41 bits per heavy atom. The van der Waals surface area contributed by atoms with Crippen molar-refractivity contribution >= 4 is 33.6 Å². The summed E-state index contributed by atoms with van der Waals surface area (Å²) in [5, 5.41) is 2.18. The Morgan fingerprint density at radius 1 is 1.06 bits per heavy atom. The van der Waals surface area contributed by atoms with Gasteiger partial charge in [-0.1, -0.05) is 12.1 Å². The highest BCUT2D eigenvalue weighted by molar-refractivity contribution is 7.89. The zero-order valence-electron chi connectivity index (χ0n) is 16.3. The summed E-state index contributed by atoms with van der Waals surface area (Å²) in [4.78, 5) is 23.2. The molecule has 8 nitrogen and oxygen atoms in total. The van der Waals surface area contributed by atoms with Gasteiger partial charge in [0, 0.05) is 12.1 Å². The highest BCUT2D eigenvalue weighted by atomic mass is 32.2. The van der Waals surface area contributed by atoms with Crippen LogP contribution in [0.4, 0.5) is 14.5 Å². The molecule has 2 amide bonds. The van der Waals surface area contributed by atoms with Gasteiger partial charge in [-0.2, -0.15) is 0 Å². The molecule has 1 aromatic heterocycles. The van der Waals surface area contributed by atoms with Gasteiger partial charge < -0.3 is 15.5 Å². The lowest BCUT2D eigenvalue weighted by molar-refractivity contribution is -0.111. The first-order valence-electron chi connectivity index (χ1n) is 9.06. The van der Waals surface area contributed by atoms with Crippen LogP contribution in [-0.4, -0.2) is 20.2 Å². The standard InChI is InChI=1S/C21H17F2N3O5S/c22-17-11-18(23)19(10-16(17)21(24)28)26-20(27)8-5-13-3-6-15(7-4-13)32(29,30)25-12-14-2-1-9-31-14/h1-11,25H,12H2,(H2,24,28)(H,26,27)/b8-5+. The lowest BCUT2D eigenvalue weighted by Crippen LogP contribution is -2.22. The molecule has 0 aliphatic heterocycles. The number of primary amides is 1. The third kappa shape index (κ3) is 5.65. The number of anilines is 1. The van der Waals surface area contributed by atoms with E-state index in [1.54, 1.807) is 12.1 Å². The van der Waals surface area contributed by atoms with Crippen LogP contribution in [-0.2, 0) is 21.4 Å². The Bertz CT molecular complexity index is 1270. The molecule has 0 spiro atoms. The molecule has 0 unspecified atom stereocenters. The molecule has 0 radical (unpaired) electrons. The third-order valence-corrected chi connectivity index (χ3v) is 5.63. The maximum atomic E-state index is 13.8. The Kier molecular flexibility index (Phi) is 6.81. The smallest absolute Gasteiger partial charge is 0.251 e. The minimum absolute atomic E-state index is 0.00539. The summed E-state index contributed by atoms with van der Waals surface area (Å²) in [6.45, 7) is -0.00539. The van der Waals surface area contributed by atoms with Crippen molar-refractivity contribution in [3.8, 4) is 0 Å². The van der Waals surface area contributed by atoms with Crippen LogP contribution in [0.2, 0.25) is 0 Å². The van der Waals surface area contributed by atoms with Crippen LogP contribution < -0.4 is 15.8 Å². The number of rotatable bonds is 8. The van der Waals surface area contributed by atoms with Crippen molar-refractivity contribution in [2.75, 3.05) is 5.32 Å². The van der Waals surface area contributed by atoms with E-state index in [0.29, 0.717) is 17.4 Å². The van der Waals surface area contributed by atoms with Crippen LogP contribution in [0.5, 0.6) is 0 Å². The second kappa shape index (κ2) is 9.54. The summed E-state index contributed by atoms with van der Waals surface area (Å²) in [5.41, 5.74) is 4.51. The maximum Gasteiger partial charge on any atom is 0.251 e. The molecule has 0 saturated carbocycles. The molecule has 0 atom stereocenters. The summed E-state index contributed by atoms with van der Waals surface area (Å²) in [6.07, 6.45) is 3.85. The first-order chi connectivity index (χ1) is 15.2. The maximum absolute atomic E-state index is 13.8. The topological polar surface area (TPSA) is 132 Å². The van der Waals surface area contributed by atoms with Crippen LogP contribution >= 0.6 is 0 Å². The predicted octanol–water partition coefficient (Wildman–Crippen LogP) is 2.79. The van der Waals surface area contributed by atoms with Crippen molar-refractivity contribution < 1.29 is 31.2 Å². The average Bonchev–Trinajstić information content (AvgIpc) is 3.27. The van der Waals surface area contributed by atoms with Crippen molar-refractivity contribution in [2.24, 2.45) is 5.73 Å². The molecular weight excluding hydrogens is 444 g/mol. The number of carbonyl (C=O) groups excluding carboxylic acids is 2. The molecule has 0 aliphatic rings. The van der Waals surface area contributed by atoms with Gasteiger partial charge in [0.05, 0.1) is 29.0 Å². The molecule has 1 heterocycles. The monoisotopic (exact) mass is 461 g/mol. The number of hydrogen-bond donors (Lipinski definition) is 3. The lowest BCUT2D eigenvalue weighted by atomic mass is 10.1. The first-order valence-corrected chi connectivity index (χ1v) is 10.5. The van der Waals surface area contributed by atoms with Crippen LogP contribution in [0, 0.1) is 11.6 Å². The molecular formula is C21H17F2N3O5S. The van der Waals surface area contributed by atoms with Gasteiger partial charge in [0.2, 0.25) is 15.9 Å². The fourth-order valence-electron chi connectivity index (χ4n) is 2.60. The molecule has 11 heteroatoms. The second-order valence-electron chi connectivity index (χ2n) is 6.47. The van der Waals surface area contributed by atoms with E-state index in [2.05, 4.69) is 10.0 Å². The number of sulfonamides is 1. The number of nitrogens with one attached hydrogen (secondary N) is 2. The van der Waals surface area contributed by atoms with E-state index in [0.717, 1.165) is 12.1 Å². The average molecular weight is 461 g/mol. The zero-order valence-corrected chi connectivity index (χ0v) is 17.2. The highest BCUT2D eigenvalue weighted by Crippen LogP contribution is 2.19. The Labute approximate surface area is 181 Å². The number of halogens is 2. The number of carbonyl (C=O) groups is 2. The van der Waals surface area contributed by atoms with E-state index in [1.165, 1.54) is 36.6 Å². The Morgan fingerprint density at radius 2 is 1.78 bits per heavy atom. The van der Waals surface area contributed by atoms with Crippen LogP contribution in [0.25, 0.3) is 6.08 Å². The third-order valence-electron chi connectivity index (χ3n) is 4.21. The minimum Gasteiger partial charge on any atom is -0.468 e. The molecule has 0 bridgehead atoms. The van der Waals surface area contributed by atoms with Crippen molar-refractivity contribution in [1.82, 2.24) is 4.72 Å². The second-order valence-corrected chi connectivity index (χ2v) is 8.24. The van der Waals surface area contributed by atoms with E-state index in [1.807, 2.05) is 0 Å². The van der Waals surface area contributed by atoms with E-state index < -0.39 is 44.7 Å². The molecule has 0 saturated heterocycles. The number of benzene rings is 2. The van der Waals surface area contributed by atoms with Gasteiger partial charge in [0.25, 0.3) is 5.91 Å². The molecule has 32 heavy (non-hydrogen) atoms. The van der Waals surface area contributed by atoms with Crippen LogP contribution in [0.15, 0.2) is 70.2 Å². The highest BCUT2D eigenvalue weighted by Gasteiger charge is 2.15. The molecule has 166 valence electrons. The van der Waals surface area contributed by atoms with E-state index >= 15 is 0 Å². The van der Waals surface area contributed by atoms with Gasteiger partial charge in [0.15, 0.2) is 0 Å². The van der Waals surface area contributed by atoms with Gasteiger partial charge >= 0.3 is 0 Å². The SMILES string of the molecule is NC(=O)c1cc(NC(=O)/C=C/c2ccc(S(=O)(=O)NCc3ccco3)cc2)c(F)cc1F. The predicted molar refractivity (Wildman–Crippen MR) is 112 cm³/mol. The Balaban J connectivity index is 1.65. The fourth-order valence-corrected chi connectivity index (χ4v) is 3.59. The quantitative estimate of drug-likeness (QED) is 0.444. The summed E-state index contributed by atoms with van der Waals surface area (Å²) in [5.74, 6) is -3.63. The summed E-state index contributed by atoms with van der Waals surface area (Å²) in [6, 6.07) is 10.1. The van der Waals surface area contributed by atoms with Gasteiger partial charge in [-0.25, -0.2) is 21.9 Å². The summed E-state index contributed by atoms with van der Waals surface area (Å²) >= 11 is 0. The van der Waals surface area contributed by atoms with Crippen molar-refractivity contribution in [3.05, 3.63) is 89.4 Å². The summed E-state index contributed by atoms with van der Waals surface area (Å²) < 4.78 is 59.4. The minimum atomic E-state index is -3.77. The van der Waals surface area contributed by atoms with Gasteiger partial charge in [-0.3, -0.25) is 9.59 Å². The van der Waals surface area contributed by atoms with Crippen molar-refractivity contribution in [1.29, 1.82) is 0 Å². The van der Waals surface area contributed by atoms with Crippen LogP contribution in [0.3, 0.4) is 0 Å². The Hall–Kier alpha value is -3.83. The van der Waals surface area contributed by atoms with E-state index in [9.17, 15) is 26.8 Å². The molecule has 0 fully saturated rings. The van der Waals surface area contributed by atoms with E-state index in [-0.39, 0.29) is 11.4 Å². The van der Waals surface area contributed by atoms with Gasteiger partial charge in [-0.05, 0) is 42.0 Å². The van der Waals surface area contributed by atoms with Crippen LogP contribution in [0.1, 0.15) is 21.7 Å². The first kappa shape index (κ1) is 22.8. The summed E-state index contributed by atoms with van der Waals surface area (Å²) in [7, 11) is -3.77. The fraction of sp³-hybridized carbons (Fsp3) is 0.0476. The van der Waals surface area contributed by atoms with Gasteiger partial charge in [0.1, 0.15) is 17.4 Å². The van der Waals surface area contributed by atoms with Crippen molar-refractivity contribution in [3.63, 3.8) is 0 Å². The largest absolute Gasteiger partial charge is 0.468 e. The molecule has 3 rings (SSSR count). The number of nitrogens with two attached hydrogens (primary N) is 1. The molecule has 0 aliphatic carbocycles. The molecule has 3 aromatic rings. The molecule has 4 N–H and O–H groups in total. The van der Waals surface area contributed by atoms with Gasteiger partial charge in [-0.15, -0.1) is 0 Å². The molecule has 2 aromatic carbocycles. The number of amides is 2. The van der Waals surface area contributed by atoms with E-state index in [4.69, 9.17) is 10.2 Å². The lowest BCUT2D eigenvalue weighted by Gasteiger charge is -2.07.